The summed E-state index contributed by atoms with van der Waals surface area (Å²) in [6, 6.07) is 0.477. The van der Waals surface area contributed by atoms with E-state index in [-0.39, 0.29) is 24.0 Å². The fourth-order valence-electron chi connectivity index (χ4n) is 1.38. The highest BCUT2D eigenvalue weighted by atomic mass is 127. The lowest BCUT2D eigenvalue weighted by atomic mass is 10.1. The fourth-order valence-corrected chi connectivity index (χ4v) is 1.38. The van der Waals surface area contributed by atoms with Crippen LogP contribution in [0.3, 0.4) is 0 Å². The molecule has 1 aliphatic carbocycles. The molecule has 0 heterocycles. The number of ether oxygens (including phenoxy) is 1. The van der Waals surface area contributed by atoms with Crippen molar-refractivity contribution < 1.29 is 9.53 Å². The number of rotatable bonds is 4. The molecule has 4 N–H and O–H groups in total. The average molecular weight is 398 g/mol. The molecule has 0 atom stereocenters. The molecule has 1 saturated carbocycles. The number of halogens is 1. The van der Waals surface area contributed by atoms with Gasteiger partial charge in [0.05, 0.1) is 12.1 Å². The van der Waals surface area contributed by atoms with E-state index in [9.17, 15) is 4.79 Å². The zero-order valence-corrected chi connectivity index (χ0v) is 15.3. The minimum atomic E-state index is -0.504. The van der Waals surface area contributed by atoms with Crippen LogP contribution >= 0.6 is 24.0 Å². The molecule has 0 saturated heterocycles. The van der Waals surface area contributed by atoms with Crippen LogP contribution < -0.4 is 16.4 Å². The lowest BCUT2D eigenvalue weighted by Crippen LogP contribution is -2.48. The Bertz CT molecular complexity index is 360. The van der Waals surface area contributed by atoms with E-state index in [1.807, 2.05) is 34.6 Å². The summed E-state index contributed by atoms with van der Waals surface area (Å²) in [5.41, 5.74) is 4.74. The van der Waals surface area contributed by atoms with Gasteiger partial charge >= 0.3 is 6.09 Å². The lowest BCUT2D eigenvalue weighted by Gasteiger charge is -2.27. The van der Waals surface area contributed by atoms with E-state index in [1.165, 1.54) is 0 Å². The van der Waals surface area contributed by atoms with Crippen molar-refractivity contribution in [3.8, 4) is 0 Å². The number of nitrogens with two attached hydrogens (primary N) is 1. The molecule has 1 rings (SSSR count). The minimum Gasteiger partial charge on any atom is -0.444 e. The summed E-state index contributed by atoms with van der Waals surface area (Å²) in [4.78, 5) is 15.9. The number of carbonyl (C=O) groups is 1. The molecule has 7 heteroatoms. The molecule has 0 unspecified atom stereocenters. The second-order valence-electron chi connectivity index (χ2n) is 6.63. The molecular formula is C13H27IN4O2. The zero-order chi connectivity index (χ0) is 14.7. The van der Waals surface area contributed by atoms with Crippen LogP contribution in [-0.4, -0.2) is 35.8 Å². The topological polar surface area (TPSA) is 88.7 Å². The molecular weight excluding hydrogens is 371 g/mol. The van der Waals surface area contributed by atoms with Crippen LogP contribution in [0.5, 0.6) is 0 Å². The maximum absolute atomic E-state index is 11.7. The van der Waals surface area contributed by atoms with Crippen molar-refractivity contribution in [2.24, 2.45) is 10.7 Å². The Morgan fingerprint density at radius 2 is 1.85 bits per heavy atom. The summed E-state index contributed by atoms with van der Waals surface area (Å²) < 4.78 is 5.21. The molecule has 0 aliphatic heterocycles. The molecule has 0 aromatic rings. The third kappa shape index (κ3) is 9.22. The Hall–Kier alpha value is -0.730. The monoisotopic (exact) mass is 398 g/mol. The SMILES string of the molecule is CC(C)(CN=C(N)NC1CC1)NC(=O)OC(C)(C)C.I. The summed E-state index contributed by atoms with van der Waals surface area (Å²) in [5, 5.41) is 5.89. The Kier molecular flexibility index (Phi) is 7.06. The van der Waals surface area contributed by atoms with Crippen LogP contribution in [0.25, 0.3) is 0 Å². The Labute approximate surface area is 138 Å². The molecule has 118 valence electrons. The second-order valence-corrected chi connectivity index (χ2v) is 6.63. The van der Waals surface area contributed by atoms with Crippen LogP contribution in [0.1, 0.15) is 47.5 Å². The van der Waals surface area contributed by atoms with Gasteiger partial charge in [0, 0.05) is 6.04 Å². The van der Waals surface area contributed by atoms with Crippen LogP contribution in [0.4, 0.5) is 4.79 Å². The van der Waals surface area contributed by atoms with Gasteiger partial charge in [0.1, 0.15) is 5.60 Å². The van der Waals surface area contributed by atoms with Crippen LogP contribution in [0, 0.1) is 0 Å². The summed E-state index contributed by atoms with van der Waals surface area (Å²) >= 11 is 0. The van der Waals surface area contributed by atoms with E-state index in [2.05, 4.69) is 15.6 Å². The number of nitrogens with one attached hydrogen (secondary N) is 2. The highest BCUT2D eigenvalue weighted by molar-refractivity contribution is 14.0. The number of aliphatic imine (C=N–C) groups is 1. The first kappa shape index (κ1) is 19.3. The molecule has 0 bridgehead atoms. The molecule has 0 aromatic heterocycles. The Morgan fingerprint density at radius 3 is 2.30 bits per heavy atom. The number of alkyl carbamates (subject to hydrolysis) is 1. The van der Waals surface area contributed by atoms with Gasteiger partial charge in [-0.25, -0.2) is 4.79 Å². The molecule has 6 nitrogen and oxygen atoms in total. The van der Waals surface area contributed by atoms with Crippen molar-refractivity contribution in [1.29, 1.82) is 0 Å². The quantitative estimate of drug-likeness (QED) is 0.384. The van der Waals surface area contributed by atoms with E-state index in [4.69, 9.17) is 10.5 Å². The highest BCUT2D eigenvalue weighted by Gasteiger charge is 2.25. The number of amides is 1. The van der Waals surface area contributed by atoms with Crippen LogP contribution in [0.2, 0.25) is 0 Å². The normalized spacial score (nSPS) is 16.1. The number of nitrogens with zero attached hydrogens (tertiary/aromatic N) is 1. The Morgan fingerprint density at radius 1 is 1.30 bits per heavy atom. The van der Waals surface area contributed by atoms with Crippen LogP contribution in [-0.2, 0) is 4.74 Å². The van der Waals surface area contributed by atoms with Crippen molar-refractivity contribution in [2.45, 2.75) is 64.6 Å². The summed E-state index contributed by atoms with van der Waals surface area (Å²) in [6.07, 6.45) is 1.85. The molecule has 1 amide bonds. The molecule has 20 heavy (non-hydrogen) atoms. The van der Waals surface area contributed by atoms with Gasteiger partial charge in [-0.05, 0) is 47.5 Å². The van der Waals surface area contributed by atoms with Crippen molar-refractivity contribution in [2.75, 3.05) is 6.54 Å². The van der Waals surface area contributed by atoms with E-state index in [1.54, 1.807) is 0 Å². The third-order valence-electron chi connectivity index (χ3n) is 2.41. The van der Waals surface area contributed by atoms with E-state index in [0.29, 0.717) is 18.5 Å². The standard InChI is InChI=1S/C13H26N4O2.HI/c1-12(2,3)19-11(18)17-13(4,5)8-15-10(14)16-9-6-7-9;/h9H,6-8H2,1-5H3,(H,17,18)(H3,14,15,16);1H. The van der Waals surface area contributed by atoms with Crippen molar-refractivity contribution in [1.82, 2.24) is 10.6 Å². The van der Waals surface area contributed by atoms with Gasteiger partial charge in [0.25, 0.3) is 0 Å². The second kappa shape index (κ2) is 7.33. The molecule has 0 aromatic carbocycles. The lowest BCUT2D eigenvalue weighted by molar-refractivity contribution is 0.0476. The smallest absolute Gasteiger partial charge is 0.408 e. The number of guanidine groups is 1. The predicted molar refractivity (Wildman–Crippen MR) is 91.5 cm³/mol. The minimum absolute atomic E-state index is 0. The number of hydrogen-bond donors (Lipinski definition) is 3. The Balaban J connectivity index is 0.00000361. The molecule has 1 aliphatic rings. The summed E-state index contributed by atoms with van der Waals surface area (Å²) in [5.74, 6) is 0.432. The zero-order valence-electron chi connectivity index (χ0n) is 12.9. The van der Waals surface area contributed by atoms with Crippen molar-refractivity contribution >= 4 is 36.0 Å². The maximum atomic E-state index is 11.7. The van der Waals surface area contributed by atoms with Gasteiger partial charge < -0.3 is 21.1 Å². The van der Waals surface area contributed by atoms with Gasteiger partial charge in [0.15, 0.2) is 5.96 Å². The van der Waals surface area contributed by atoms with Gasteiger partial charge in [0.2, 0.25) is 0 Å². The third-order valence-corrected chi connectivity index (χ3v) is 2.41. The van der Waals surface area contributed by atoms with Gasteiger partial charge in [-0.3, -0.25) is 4.99 Å². The van der Waals surface area contributed by atoms with Gasteiger partial charge in [-0.1, -0.05) is 0 Å². The summed E-state index contributed by atoms with van der Waals surface area (Å²) in [7, 11) is 0. The van der Waals surface area contributed by atoms with E-state index < -0.39 is 17.2 Å². The van der Waals surface area contributed by atoms with Gasteiger partial charge in [-0.15, -0.1) is 24.0 Å². The first-order chi connectivity index (χ1) is 8.57. The maximum Gasteiger partial charge on any atom is 0.408 e. The molecule has 0 spiro atoms. The van der Waals surface area contributed by atoms with Crippen molar-refractivity contribution in [3.63, 3.8) is 0 Å². The predicted octanol–water partition coefficient (Wildman–Crippen LogP) is 1.97. The average Bonchev–Trinajstić information content (AvgIpc) is 2.94. The number of carbonyl (C=O) groups excluding carboxylic acids is 1. The van der Waals surface area contributed by atoms with E-state index >= 15 is 0 Å². The largest absolute Gasteiger partial charge is 0.444 e. The summed E-state index contributed by atoms with van der Waals surface area (Å²) in [6.45, 7) is 9.65. The van der Waals surface area contributed by atoms with Crippen LogP contribution in [0.15, 0.2) is 4.99 Å². The highest BCUT2D eigenvalue weighted by Crippen LogP contribution is 2.18. The number of hydrogen-bond acceptors (Lipinski definition) is 3. The van der Waals surface area contributed by atoms with Crippen molar-refractivity contribution in [3.05, 3.63) is 0 Å². The first-order valence-electron chi connectivity index (χ1n) is 6.65. The first-order valence-corrected chi connectivity index (χ1v) is 6.65. The fraction of sp³-hybridized carbons (Fsp3) is 0.846. The molecule has 1 fully saturated rings. The molecule has 0 radical (unpaired) electrons. The van der Waals surface area contributed by atoms with E-state index in [0.717, 1.165) is 12.8 Å². The van der Waals surface area contributed by atoms with Gasteiger partial charge in [-0.2, -0.15) is 0 Å².